The van der Waals surface area contributed by atoms with E-state index in [1.807, 2.05) is 0 Å². The summed E-state index contributed by atoms with van der Waals surface area (Å²) in [5, 5.41) is 0. The molecule has 2 atom stereocenters. The summed E-state index contributed by atoms with van der Waals surface area (Å²) in [6, 6.07) is 0. The first-order valence-corrected chi connectivity index (χ1v) is 4.81. The van der Waals surface area contributed by atoms with Gasteiger partial charge in [0.2, 0.25) is 0 Å². The van der Waals surface area contributed by atoms with Crippen LogP contribution in [-0.2, 0) is 0 Å². The maximum Gasteiger partial charge on any atom is 0.193 e. The van der Waals surface area contributed by atoms with Crippen LogP contribution in [0.25, 0.3) is 0 Å². The van der Waals surface area contributed by atoms with Crippen molar-refractivity contribution in [3.8, 4) is 0 Å². The van der Waals surface area contributed by atoms with Crippen molar-refractivity contribution in [1.82, 2.24) is 0 Å². The van der Waals surface area contributed by atoms with Gasteiger partial charge in [-0.1, -0.05) is 0 Å². The predicted octanol–water partition coefficient (Wildman–Crippen LogP) is 4.94. The molecule has 0 aromatic rings. The van der Waals surface area contributed by atoms with Crippen molar-refractivity contribution in [3.05, 3.63) is 46.4 Å². The standard InChI is InChI=1S/C11H5F7/c1-2-5(12)3-4(7(14)6(2)13)9(16)11(18)10(17)8(3)15/h3-4H,1H3. The van der Waals surface area contributed by atoms with Crippen LogP contribution in [0, 0.1) is 11.8 Å². The fraction of sp³-hybridized carbons (Fsp3) is 0.273. The van der Waals surface area contributed by atoms with E-state index >= 15 is 0 Å². The molecule has 0 radical (unpaired) electrons. The van der Waals surface area contributed by atoms with E-state index < -0.39 is 58.2 Å². The smallest absolute Gasteiger partial charge is 0.193 e. The molecule has 0 aromatic carbocycles. The van der Waals surface area contributed by atoms with Gasteiger partial charge in [-0.15, -0.1) is 0 Å². The minimum absolute atomic E-state index is 0.790. The molecule has 0 saturated heterocycles. The molecule has 98 valence electrons. The SMILES string of the molecule is CC1=C(F)C2C(F)=C(F)C(F)=C(F)C2C(F)=C1F. The molecule has 0 aromatic heterocycles. The topological polar surface area (TPSA) is 0 Å². The van der Waals surface area contributed by atoms with Crippen molar-refractivity contribution in [3.63, 3.8) is 0 Å². The molecule has 2 rings (SSSR count). The zero-order valence-corrected chi connectivity index (χ0v) is 8.80. The van der Waals surface area contributed by atoms with Gasteiger partial charge in [-0.3, -0.25) is 0 Å². The zero-order chi connectivity index (χ0) is 13.8. The van der Waals surface area contributed by atoms with Crippen molar-refractivity contribution < 1.29 is 30.7 Å². The molecule has 2 unspecified atom stereocenters. The van der Waals surface area contributed by atoms with Crippen molar-refractivity contribution in [2.45, 2.75) is 6.92 Å². The molecule has 2 aliphatic rings. The van der Waals surface area contributed by atoms with Crippen molar-refractivity contribution in [1.29, 1.82) is 0 Å². The third-order valence-corrected chi connectivity index (χ3v) is 2.93. The van der Waals surface area contributed by atoms with Crippen LogP contribution in [0.3, 0.4) is 0 Å². The maximum atomic E-state index is 13.5. The van der Waals surface area contributed by atoms with Gasteiger partial charge in [-0.2, -0.15) is 0 Å². The quantitative estimate of drug-likeness (QED) is 0.547. The van der Waals surface area contributed by atoms with Gasteiger partial charge in [-0.25, -0.2) is 30.7 Å². The summed E-state index contributed by atoms with van der Waals surface area (Å²) < 4.78 is 92.6. The van der Waals surface area contributed by atoms with Gasteiger partial charge in [0.1, 0.15) is 23.3 Å². The Kier molecular flexibility index (Phi) is 2.87. The second-order valence-electron chi connectivity index (χ2n) is 3.91. The first-order valence-electron chi connectivity index (χ1n) is 4.81. The van der Waals surface area contributed by atoms with E-state index in [2.05, 4.69) is 0 Å². The zero-order valence-electron chi connectivity index (χ0n) is 8.80. The first-order chi connectivity index (χ1) is 8.29. The molecule has 0 bridgehead atoms. The van der Waals surface area contributed by atoms with E-state index in [4.69, 9.17) is 0 Å². The molecule has 7 heteroatoms. The van der Waals surface area contributed by atoms with E-state index in [1.165, 1.54) is 0 Å². The molecule has 0 N–H and O–H groups in total. The molecule has 0 aliphatic heterocycles. The lowest BCUT2D eigenvalue weighted by atomic mass is 9.78. The summed E-state index contributed by atoms with van der Waals surface area (Å²) in [6.07, 6.45) is 0. The molecule has 0 spiro atoms. The van der Waals surface area contributed by atoms with Gasteiger partial charge in [0, 0.05) is 5.57 Å². The summed E-state index contributed by atoms with van der Waals surface area (Å²) in [7, 11) is 0. The Hall–Kier alpha value is -1.53. The Morgan fingerprint density at radius 1 is 0.556 bits per heavy atom. The highest BCUT2D eigenvalue weighted by Crippen LogP contribution is 2.53. The summed E-state index contributed by atoms with van der Waals surface area (Å²) in [6.45, 7) is 0.790. The van der Waals surface area contributed by atoms with Crippen LogP contribution in [0.1, 0.15) is 6.92 Å². The Morgan fingerprint density at radius 2 is 0.889 bits per heavy atom. The Bertz CT molecular complexity index is 452. The fourth-order valence-electron chi connectivity index (χ4n) is 1.94. The van der Waals surface area contributed by atoms with Gasteiger partial charge in [0.25, 0.3) is 0 Å². The number of hydrogen-bond donors (Lipinski definition) is 0. The fourth-order valence-corrected chi connectivity index (χ4v) is 1.94. The van der Waals surface area contributed by atoms with E-state index in [0.717, 1.165) is 6.92 Å². The molecular formula is C11H5F7. The molecule has 0 nitrogen and oxygen atoms in total. The lowest BCUT2D eigenvalue weighted by molar-refractivity contribution is 0.251. The summed E-state index contributed by atoms with van der Waals surface area (Å²) in [5.41, 5.74) is -0.896. The number of rotatable bonds is 0. The second kappa shape index (κ2) is 4.00. The number of allylic oxidation sites excluding steroid dienone is 8. The maximum absolute atomic E-state index is 13.5. The highest BCUT2D eigenvalue weighted by atomic mass is 19.2. The molecule has 18 heavy (non-hydrogen) atoms. The Balaban J connectivity index is 2.72. The molecular weight excluding hydrogens is 265 g/mol. The Morgan fingerprint density at radius 3 is 1.33 bits per heavy atom. The summed E-state index contributed by atoms with van der Waals surface area (Å²) in [5.74, 6) is -18.5. The van der Waals surface area contributed by atoms with E-state index in [1.54, 1.807) is 0 Å². The van der Waals surface area contributed by atoms with E-state index in [-0.39, 0.29) is 0 Å². The number of fused-ring (bicyclic) bond motifs is 1. The largest absolute Gasteiger partial charge is 0.211 e. The van der Waals surface area contributed by atoms with Crippen molar-refractivity contribution >= 4 is 0 Å². The van der Waals surface area contributed by atoms with Gasteiger partial charge < -0.3 is 0 Å². The van der Waals surface area contributed by atoms with Gasteiger partial charge in [0.05, 0.1) is 11.8 Å². The van der Waals surface area contributed by atoms with Crippen LogP contribution in [0.15, 0.2) is 46.4 Å². The normalized spacial score (nSPS) is 29.3. The van der Waals surface area contributed by atoms with Crippen LogP contribution < -0.4 is 0 Å². The molecule has 0 amide bonds. The van der Waals surface area contributed by atoms with E-state index in [0.29, 0.717) is 0 Å². The second-order valence-corrected chi connectivity index (χ2v) is 3.91. The third-order valence-electron chi connectivity index (χ3n) is 2.93. The minimum atomic E-state index is -2.46. The van der Waals surface area contributed by atoms with Crippen LogP contribution in [0.4, 0.5) is 30.7 Å². The van der Waals surface area contributed by atoms with Gasteiger partial charge in [0.15, 0.2) is 17.5 Å². The van der Waals surface area contributed by atoms with Gasteiger partial charge in [-0.05, 0) is 6.92 Å². The Labute approximate surface area is 96.8 Å². The van der Waals surface area contributed by atoms with Crippen molar-refractivity contribution in [2.75, 3.05) is 0 Å². The average molecular weight is 270 g/mol. The highest BCUT2D eigenvalue weighted by Gasteiger charge is 2.49. The van der Waals surface area contributed by atoms with Crippen LogP contribution >= 0.6 is 0 Å². The molecule has 2 aliphatic carbocycles. The van der Waals surface area contributed by atoms with Crippen molar-refractivity contribution in [2.24, 2.45) is 11.8 Å². The molecule has 0 fully saturated rings. The number of hydrogen-bond acceptors (Lipinski definition) is 0. The van der Waals surface area contributed by atoms with Crippen LogP contribution in [-0.4, -0.2) is 0 Å². The van der Waals surface area contributed by atoms with E-state index in [9.17, 15) is 30.7 Å². The molecule has 0 heterocycles. The predicted molar refractivity (Wildman–Crippen MR) is 48.5 cm³/mol. The monoisotopic (exact) mass is 270 g/mol. The van der Waals surface area contributed by atoms with Gasteiger partial charge >= 0.3 is 0 Å². The third kappa shape index (κ3) is 1.46. The first kappa shape index (κ1) is 12.9. The van der Waals surface area contributed by atoms with Crippen LogP contribution in [0.5, 0.6) is 0 Å². The summed E-state index contributed by atoms with van der Waals surface area (Å²) >= 11 is 0. The molecule has 0 saturated carbocycles. The lowest BCUT2D eigenvalue weighted by Crippen LogP contribution is -2.27. The number of halogens is 7. The highest BCUT2D eigenvalue weighted by molar-refractivity contribution is 5.47. The lowest BCUT2D eigenvalue weighted by Gasteiger charge is -2.30. The average Bonchev–Trinajstić information content (AvgIpc) is 2.35. The van der Waals surface area contributed by atoms with Crippen LogP contribution in [0.2, 0.25) is 0 Å². The minimum Gasteiger partial charge on any atom is -0.211 e. The summed E-state index contributed by atoms with van der Waals surface area (Å²) in [4.78, 5) is 0.